The number of nitrogens with zero attached hydrogens (tertiary/aromatic N) is 2. The fraction of sp³-hybridized carbons (Fsp3) is 0.200. The Morgan fingerprint density at radius 3 is 2.53 bits per heavy atom. The number of carboxylic acid groups (broad SMARTS) is 1. The van der Waals surface area contributed by atoms with Crippen LogP contribution in [0.2, 0.25) is 0 Å². The van der Waals surface area contributed by atoms with Gasteiger partial charge in [0.15, 0.2) is 0 Å². The molecule has 1 aromatic heterocycles. The Bertz CT molecular complexity index is 416. The van der Waals surface area contributed by atoms with Crippen molar-refractivity contribution in [1.82, 2.24) is 9.88 Å². The fourth-order valence-electron chi connectivity index (χ4n) is 1.22. The molecule has 17 heavy (non-hydrogen) atoms. The summed E-state index contributed by atoms with van der Waals surface area (Å²) in [7, 11) is 0. The van der Waals surface area contributed by atoms with Crippen molar-refractivity contribution in [2.75, 3.05) is 13.1 Å². The van der Waals surface area contributed by atoms with Gasteiger partial charge in [-0.3, -0.25) is 19.4 Å². The SMILES string of the molecule is NC(=O)CN(CC(=O)O)C(=O)c1cccnc1. The van der Waals surface area contributed by atoms with Crippen LogP contribution < -0.4 is 5.73 Å². The number of carboxylic acids is 1. The van der Waals surface area contributed by atoms with Crippen LogP contribution in [0.15, 0.2) is 24.5 Å². The maximum absolute atomic E-state index is 11.8. The number of primary amides is 1. The van der Waals surface area contributed by atoms with E-state index >= 15 is 0 Å². The number of aromatic nitrogens is 1. The van der Waals surface area contributed by atoms with Crippen molar-refractivity contribution in [2.24, 2.45) is 5.73 Å². The molecule has 2 amide bonds. The van der Waals surface area contributed by atoms with Gasteiger partial charge in [-0.25, -0.2) is 0 Å². The molecular weight excluding hydrogens is 226 g/mol. The van der Waals surface area contributed by atoms with Crippen LogP contribution >= 0.6 is 0 Å². The van der Waals surface area contributed by atoms with Gasteiger partial charge in [-0.15, -0.1) is 0 Å². The van der Waals surface area contributed by atoms with Crippen molar-refractivity contribution < 1.29 is 19.5 Å². The van der Waals surface area contributed by atoms with E-state index in [-0.39, 0.29) is 5.56 Å². The second-order valence-corrected chi connectivity index (χ2v) is 3.26. The summed E-state index contributed by atoms with van der Waals surface area (Å²) in [6.07, 6.45) is 2.77. The van der Waals surface area contributed by atoms with Gasteiger partial charge in [0.1, 0.15) is 13.1 Å². The highest BCUT2D eigenvalue weighted by Gasteiger charge is 2.20. The summed E-state index contributed by atoms with van der Waals surface area (Å²) in [5.41, 5.74) is 5.15. The molecule has 7 heteroatoms. The molecular formula is C10H11N3O4. The van der Waals surface area contributed by atoms with Crippen molar-refractivity contribution in [2.45, 2.75) is 0 Å². The molecule has 0 bridgehead atoms. The zero-order valence-electron chi connectivity index (χ0n) is 8.87. The molecule has 1 heterocycles. The van der Waals surface area contributed by atoms with Gasteiger partial charge in [-0.1, -0.05) is 0 Å². The molecule has 0 saturated carbocycles. The molecule has 0 radical (unpaired) electrons. The number of nitrogens with two attached hydrogens (primary N) is 1. The molecule has 0 aliphatic carbocycles. The van der Waals surface area contributed by atoms with Crippen LogP contribution in [0.5, 0.6) is 0 Å². The minimum atomic E-state index is -1.22. The second-order valence-electron chi connectivity index (χ2n) is 3.26. The first kappa shape index (κ1) is 12.6. The maximum atomic E-state index is 11.8. The highest BCUT2D eigenvalue weighted by atomic mass is 16.4. The van der Waals surface area contributed by atoms with Gasteiger partial charge in [0.05, 0.1) is 5.56 Å². The Balaban J connectivity index is 2.86. The van der Waals surface area contributed by atoms with Crippen LogP contribution in [0.1, 0.15) is 10.4 Å². The Hall–Kier alpha value is -2.44. The van der Waals surface area contributed by atoms with Gasteiger partial charge >= 0.3 is 5.97 Å². The molecule has 0 aliphatic heterocycles. The molecule has 1 rings (SSSR count). The maximum Gasteiger partial charge on any atom is 0.323 e. The lowest BCUT2D eigenvalue weighted by atomic mass is 10.2. The number of carbonyl (C=O) groups excluding carboxylic acids is 2. The molecule has 0 aromatic carbocycles. The van der Waals surface area contributed by atoms with Gasteiger partial charge < -0.3 is 15.7 Å². The minimum absolute atomic E-state index is 0.204. The first-order valence-corrected chi connectivity index (χ1v) is 4.70. The van der Waals surface area contributed by atoms with Crippen molar-refractivity contribution >= 4 is 17.8 Å². The fourth-order valence-corrected chi connectivity index (χ4v) is 1.22. The van der Waals surface area contributed by atoms with E-state index in [0.717, 1.165) is 4.90 Å². The van der Waals surface area contributed by atoms with Crippen LogP contribution in [-0.4, -0.2) is 45.9 Å². The van der Waals surface area contributed by atoms with Gasteiger partial charge in [0.25, 0.3) is 5.91 Å². The number of hydrogen-bond donors (Lipinski definition) is 2. The summed E-state index contributed by atoms with van der Waals surface area (Å²) in [5, 5.41) is 8.63. The molecule has 0 unspecified atom stereocenters. The Morgan fingerprint density at radius 1 is 1.35 bits per heavy atom. The molecule has 0 atom stereocenters. The molecule has 0 spiro atoms. The van der Waals surface area contributed by atoms with Crippen LogP contribution in [-0.2, 0) is 9.59 Å². The van der Waals surface area contributed by atoms with Crippen LogP contribution in [0, 0.1) is 0 Å². The summed E-state index contributed by atoms with van der Waals surface area (Å²) in [5.74, 6) is -2.59. The van der Waals surface area contributed by atoms with E-state index in [1.54, 1.807) is 0 Å². The van der Waals surface area contributed by atoms with E-state index in [1.165, 1.54) is 24.5 Å². The highest BCUT2D eigenvalue weighted by molar-refractivity contribution is 5.97. The van der Waals surface area contributed by atoms with Gasteiger partial charge in [0, 0.05) is 12.4 Å². The third-order valence-electron chi connectivity index (χ3n) is 1.87. The monoisotopic (exact) mass is 237 g/mol. The van der Waals surface area contributed by atoms with Gasteiger partial charge in [-0.05, 0) is 12.1 Å². The van der Waals surface area contributed by atoms with Crippen molar-refractivity contribution in [3.05, 3.63) is 30.1 Å². The Kier molecular flexibility index (Phi) is 4.15. The molecule has 7 nitrogen and oxygen atoms in total. The van der Waals surface area contributed by atoms with Crippen LogP contribution in [0.25, 0.3) is 0 Å². The molecule has 1 aromatic rings. The van der Waals surface area contributed by atoms with E-state index in [4.69, 9.17) is 10.8 Å². The Morgan fingerprint density at radius 2 is 2.06 bits per heavy atom. The summed E-state index contributed by atoms with van der Waals surface area (Å²) in [4.78, 5) is 37.7. The number of rotatable bonds is 5. The third-order valence-corrected chi connectivity index (χ3v) is 1.87. The standard InChI is InChI=1S/C10H11N3O4/c11-8(14)5-13(6-9(15)16)10(17)7-2-1-3-12-4-7/h1-4H,5-6H2,(H2,11,14)(H,15,16). The van der Waals surface area contributed by atoms with E-state index in [0.29, 0.717) is 0 Å². The summed E-state index contributed by atoms with van der Waals surface area (Å²) >= 11 is 0. The topological polar surface area (TPSA) is 114 Å². The number of hydrogen-bond acceptors (Lipinski definition) is 4. The number of amides is 2. The van der Waals surface area contributed by atoms with E-state index in [9.17, 15) is 14.4 Å². The lowest BCUT2D eigenvalue weighted by molar-refractivity contribution is -0.138. The van der Waals surface area contributed by atoms with Crippen molar-refractivity contribution in [1.29, 1.82) is 0 Å². The first-order chi connectivity index (χ1) is 8.00. The Labute approximate surface area is 96.9 Å². The molecule has 0 aliphatic rings. The lowest BCUT2D eigenvalue weighted by Crippen LogP contribution is -2.41. The molecule has 0 saturated heterocycles. The predicted octanol–water partition coefficient (Wildman–Crippen LogP) is -0.906. The van der Waals surface area contributed by atoms with Crippen molar-refractivity contribution in [3.63, 3.8) is 0 Å². The molecule has 90 valence electrons. The number of aliphatic carboxylic acids is 1. The smallest absolute Gasteiger partial charge is 0.323 e. The largest absolute Gasteiger partial charge is 0.480 e. The van der Waals surface area contributed by atoms with Gasteiger partial charge in [0.2, 0.25) is 5.91 Å². The van der Waals surface area contributed by atoms with E-state index < -0.39 is 30.9 Å². The quantitative estimate of drug-likeness (QED) is 0.688. The zero-order valence-corrected chi connectivity index (χ0v) is 8.87. The molecule has 3 N–H and O–H groups in total. The summed E-state index contributed by atoms with van der Waals surface area (Å²) in [6.45, 7) is -1.03. The average Bonchev–Trinajstić information content (AvgIpc) is 2.27. The van der Waals surface area contributed by atoms with E-state index in [1.807, 2.05) is 0 Å². The van der Waals surface area contributed by atoms with Crippen LogP contribution in [0.3, 0.4) is 0 Å². The number of pyridine rings is 1. The number of carbonyl (C=O) groups is 3. The van der Waals surface area contributed by atoms with Crippen LogP contribution in [0.4, 0.5) is 0 Å². The first-order valence-electron chi connectivity index (χ1n) is 4.70. The summed E-state index contributed by atoms with van der Waals surface area (Å²) < 4.78 is 0. The third kappa shape index (κ3) is 3.90. The van der Waals surface area contributed by atoms with Gasteiger partial charge in [-0.2, -0.15) is 0 Å². The van der Waals surface area contributed by atoms with Crippen molar-refractivity contribution in [3.8, 4) is 0 Å². The average molecular weight is 237 g/mol. The highest BCUT2D eigenvalue weighted by Crippen LogP contribution is 2.02. The zero-order chi connectivity index (χ0) is 12.8. The second kappa shape index (κ2) is 5.59. The van der Waals surface area contributed by atoms with E-state index in [2.05, 4.69) is 4.98 Å². The minimum Gasteiger partial charge on any atom is -0.480 e. The lowest BCUT2D eigenvalue weighted by Gasteiger charge is -2.18. The summed E-state index contributed by atoms with van der Waals surface area (Å²) in [6, 6.07) is 3.02. The molecule has 0 fully saturated rings. The predicted molar refractivity (Wildman–Crippen MR) is 57.0 cm³/mol. The normalized spacial score (nSPS) is 9.65.